The van der Waals surface area contributed by atoms with Crippen LogP contribution < -0.4 is 10.2 Å². The maximum Gasteiger partial charge on any atom is 0.271 e. The van der Waals surface area contributed by atoms with Crippen molar-refractivity contribution in [3.05, 3.63) is 105 Å². The van der Waals surface area contributed by atoms with Crippen LogP contribution in [-0.2, 0) is 17.9 Å². The van der Waals surface area contributed by atoms with Gasteiger partial charge in [0.15, 0.2) is 11.6 Å². The topological polar surface area (TPSA) is 75.5 Å². The second-order valence-electron chi connectivity index (χ2n) is 8.79. The summed E-state index contributed by atoms with van der Waals surface area (Å²) in [6.07, 6.45) is 0. The predicted octanol–water partition coefficient (Wildman–Crippen LogP) is 5.32. The fourth-order valence-electron chi connectivity index (χ4n) is 4.64. The highest BCUT2D eigenvalue weighted by atomic mass is 19.2. The molecular weight excluding hydrogens is 440 g/mol. The third-order valence-corrected chi connectivity index (χ3v) is 6.18. The first kappa shape index (κ1) is 23.4. The van der Waals surface area contributed by atoms with Crippen LogP contribution in [-0.4, -0.2) is 16.9 Å². The Morgan fingerprint density at radius 2 is 1.76 bits per heavy atom. The average molecular weight is 466 g/mol. The molecular formula is C26H25F2N3O3. The summed E-state index contributed by atoms with van der Waals surface area (Å²) in [5.74, 6) is -2.72. The molecule has 1 aliphatic heterocycles. The molecule has 1 heterocycles. The highest BCUT2D eigenvalue weighted by molar-refractivity contribution is 5.90. The first-order valence-electron chi connectivity index (χ1n) is 11.1. The molecule has 0 aliphatic carbocycles. The highest BCUT2D eigenvalue weighted by Crippen LogP contribution is 2.46. The average Bonchev–Trinajstić information content (AvgIpc) is 3.14. The van der Waals surface area contributed by atoms with Gasteiger partial charge in [0.25, 0.3) is 5.69 Å². The molecule has 3 aromatic rings. The van der Waals surface area contributed by atoms with E-state index in [1.165, 1.54) is 18.2 Å². The number of hydrogen-bond acceptors (Lipinski definition) is 4. The Kier molecular flexibility index (Phi) is 6.58. The summed E-state index contributed by atoms with van der Waals surface area (Å²) >= 11 is 0. The van der Waals surface area contributed by atoms with Crippen LogP contribution in [0.15, 0.2) is 66.7 Å². The molecule has 4 rings (SSSR count). The molecule has 6 nitrogen and oxygen atoms in total. The summed E-state index contributed by atoms with van der Waals surface area (Å²) in [7, 11) is 0. The number of amides is 1. The van der Waals surface area contributed by atoms with E-state index < -0.39 is 22.5 Å². The maximum atomic E-state index is 13.6. The van der Waals surface area contributed by atoms with Gasteiger partial charge in [0.1, 0.15) is 0 Å². The lowest BCUT2D eigenvalue weighted by Crippen LogP contribution is -2.43. The molecule has 34 heavy (non-hydrogen) atoms. The van der Waals surface area contributed by atoms with Gasteiger partial charge in [-0.05, 0) is 40.8 Å². The lowest BCUT2D eigenvalue weighted by Gasteiger charge is -2.33. The number of carbonyl (C=O) groups is 1. The van der Waals surface area contributed by atoms with Crippen molar-refractivity contribution in [3.8, 4) is 0 Å². The summed E-state index contributed by atoms with van der Waals surface area (Å²) in [5.41, 5.74) is 2.79. The molecule has 8 heteroatoms. The minimum Gasteiger partial charge on any atom is -0.362 e. The van der Waals surface area contributed by atoms with Crippen molar-refractivity contribution < 1.29 is 18.5 Å². The van der Waals surface area contributed by atoms with Gasteiger partial charge in [-0.15, -0.1) is 0 Å². The monoisotopic (exact) mass is 465 g/mol. The van der Waals surface area contributed by atoms with Gasteiger partial charge in [-0.1, -0.05) is 50.2 Å². The van der Waals surface area contributed by atoms with Crippen molar-refractivity contribution in [2.24, 2.45) is 5.92 Å². The molecule has 0 bridgehead atoms. The Hall–Kier alpha value is -3.81. The summed E-state index contributed by atoms with van der Waals surface area (Å²) < 4.78 is 26.8. The minimum atomic E-state index is -0.973. The zero-order valence-electron chi connectivity index (χ0n) is 18.9. The number of fused-ring (bicyclic) bond motifs is 1. The summed E-state index contributed by atoms with van der Waals surface area (Å²) in [4.78, 5) is 26.5. The molecule has 1 aliphatic rings. The SMILES string of the molecule is CC(C)C1C(C(=O)NCc2ccc(F)c(F)c2)c2ccc([N+](=O)[O-])cc2N1Cc1ccccc1. The normalized spacial score (nSPS) is 17.0. The van der Waals surface area contributed by atoms with E-state index in [4.69, 9.17) is 0 Å². The highest BCUT2D eigenvalue weighted by Gasteiger charge is 2.44. The smallest absolute Gasteiger partial charge is 0.271 e. The Balaban J connectivity index is 1.68. The zero-order chi connectivity index (χ0) is 24.4. The van der Waals surface area contributed by atoms with Gasteiger partial charge in [-0.2, -0.15) is 0 Å². The lowest BCUT2D eigenvalue weighted by atomic mass is 9.87. The van der Waals surface area contributed by atoms with Crippen LogP contribution in [0.3, 0.4) is 0 Å². The number of nitro groups is 1. The molecule has 0 aromatic heterocycles. The number of hydrogen-bond donors (Lipinski definition) is 1. The summed E-state index contributed by atoms with van der Waals surface area (Å²) in [6.45, 7) is 4.56. The Morgan fingerprint density at radius 3 is 2.41 bits per heavy atom. The van der Waals surface area contributed by atoms with Crippen molar-refractivity contribution >= 4 is 17.3 Å². The predicted molar refractivity (Wildman–Crippen MR) is 125 cm³/mol. The number of rotatable bonds is 7. The molecule has 1 N–H and O–H groups in total. The van der Waals surface area contributed by atoms with Gasteiger partial charge in [0.05, 0.1) is 10.8 Å². The van der Waals surface area contributed by atoms with Crippen LogP contribution in [0.25, 0.3) is 0 Å². The number of nitrogens with one attached hydrogen (secondary N) is 1. The molecule has 1 amide bonds. The van der Waals surface area contributed by atoms with Crippen molar-refractivity contribution in [2.75, 3.05) is 4.90 Å². The quantitative estimate of drug-likeness (QED) is 0.379. The maximum absolute atomic E-state index is 13.6. The number of carbonyl (C=O) groups excluding carboxylic acids is 1. The number of nitro benzene ring substituents is 1. The summed E-state index contributed by atoms with van der Waals surface area (Å²) in [6, 6.07) is 17.6. The fourth-order valence-corrected chi connectivity index (χ4v) is 4.64. The van der Waals surface area contributed by atoms with Gasteiger partial charge in [0, 0.05) is 37.0 Å². The Labute approximate surface area is 196 Å². The zero-order valence-corrected chi connectivity index (χ0v) is 18.9. The second-order valence-corrected chi connectivity index (χ2v) is 8.79. The van der Waals surface area contributed by atoms with E-state index in [-0.39, 0.29) is 30.1 Å². The second kappa shape index (κ2) is 9.59. The number of halogens is 2. The van der Waals surface area contributed by atoms with Crippen LogP contribution in [0.4, 0.5) is 20.2 Å². The van der Waals surface area contributed by atoms with Gasteiger partial charge < -0.3 is 10.2 Å². The van der Waals surface area contributed by atoms with Crippen LogP contribution in [0.2, 0.25) is 0 Å². The van der Waals surface area contributed by atoms with E-state index in [9.17, 15) is 23.7 Å². The van der Waals surface area contributed by atoms with Crippen molar-refractivity contribution in [1.29, 1.82) is 0 Å². The number of non-ortho nitro benzene ring substituents is 1. The van der Waals surface area contributed by atoms with E-state index in [1.807, 2.05) is 44.2 Å². The van der Waals surface area contributed by atoms with E-state index in [2.05, 4.69) is 10.2 Å². The largest absolute Gasteiger partial charge is 0.362 e. The molecule has 3 aromatic carbocycles. The molecule has 0 saturated heterocycles. The van der Waals surface area contributed by atoms with Gasteiger partial charge in [-0.3, -0.25) is 14.9 Å². The van der Waals surface area contributed by atoms with Gasteiger partial charge in [0.2, 0.25) is 5.91 Å². The van der Waals surface area contributed by atoms with Crippen LogP contribution in [0.1, 0.15) is 36.5 Å². The van der Waals surface area contributed by atoms with Gasteiger partial charge >= 0.3 is 0 Å². The Morgan fingerprint density at radius 1 is 1.03 bits per heavy atom. The molecule has 0 fully saturated rings. The molecule has 0 saturated carbocycles. The van der Waals surface area contributed by atoms with Crippen molar-refractivity contribution in [1.82, 2.24) is 5.32 Å². The van der Waals surface area contributed by atoms with E-state index in [0.29, 0.717) is 23.4 Å². The van der Waals surface area contributed by atoms with Crippen LogP contribution in [0.5, 0.6) is 0 Å². The number of anilines is 1. The minimum absolute atomic E-state index is 0.0397. The Bertz CT molecular complexity index is 1220. The van der Waals surface area contributed by atoms with Crippen LogP contribution >= 0.6 is 0 Å². The first-order chi connectivity index (χ1) is 16.3. The molecule has 0 spiro atoms. The standard InChI is InChI=1S/C26H25F2N3O3/c1-16(2)25-24(26(32)29-14-18-8-11-21(27)22(28)12-18)20-10-9-19(31(33)34)13-23(20)30(25)15-17-6-4-3-5-7-17/h3-13,16,24-25H,14-15H2,1-2H3,(H,29,32). The third-order valence-electron chi connectivity index (χ3n) is 6.18. The van der Waals surface area contributed by atoms with E-state index in [0.717, 1.165) is 17.7 Å². The fraction of sp³-hybridized carbons (Fsp3) is 0.269. The van der Waals surface area contributed by atoms with Crippen LogP contribution in [0, 0.1) is 27.7 Å². The first-order valence-corrected chi connectivity index (χ1v) is 11.1. The molecule has 2 unspecified atom stereocenters. The van der Waals surface area contributed by atoms with E-state index >= 15 is 0 Å². The third kappa shape index (κ3) is 4.62. The summed E-state index contributed by atoms with van der Waals surface area (Å²) in [5, 5.41) is 14.3. The van der Waals surface area contributed by atoms with Crippen molar-refractivity contribution in [2.45, 2.75) is 38.9 Å². The van der Waals surface area contributed by atoms with Crippen molar-refractivity contribution in [3.63, 3.8) is 0 Å². The molecule has 0 radical (unpaired) electrons. The number of nitrogens with zero attached hydrogens (tertiary/aromatic N) is 2. The molecule has 176 valence electrons. The number of benzene rings is 3. The van der Waals surface area contributed by atoms with E-state index in [1.54, 1.807) is 6.07 Å². The lowest BCUT2D eigenvalue weighted by molar-refractivity contribution is -0.384. The van der Waals surface area contributed by atoms with Gasteiger partial charge in [-0.25, -0.2) is 8.78 Å². The molecule has 2 atom stereocenters.